The molecule has 0 bridgehead atoms. The molecule has 0 aliphatic carbocycles. The van der Waals surface area contributed by atoms with Gasteiger partial charge in [-0.1, -0.05) is 22.0 Å². The Balaban J connectivity index is 2.26. The summed E-state index contributed by atoms with van der Waals surface area (Å²) in [7, 11) is 0. The molecule has 1 aromatic rings. The van der Waals surface area contributed by atoms with E-state index in [0.29, 0.717) is 0 Å². The lowest BCUT2D eigenvalue weighted by molar-refractivity contribution is -0.137. The van der Waals surface area contributed by atoms with Crippen molar-refractivity contribution in [2.75, 3.05) is 5.75 Å². The molecule has 1 aliphatic heterocycles. The van der Waals surface area contributed by atoms with E-state index in [4.69, 9.17) is 5.11 Å². The van der Waals surface area contributed by atoms with Crippen LogP contribution in [0.5, 0.6) is 0 Å². The quantitative estimate of drug-likeness (QED) is 0.899. The molecule has 1 aromatic carbocycles. The van der Waals surface area contributed by atoms with Gasteiger partial charge in [-0.15, -0.1) is 11.8 Å². The van der Waals surface area contributed by atoms with Crippen molar-refractivity contribution in [1.82, 2.24) is 0 Å². The summed E-state index contributed by atoms with van der Waals surface area (Å²) in [5.74, 6) is 0.352. The molecule has 0 fully saturated rings. The highest BCUT2D eigenvalue weighted by atomic mass is 79.9. The lowest BCUT2D eigenvalue weighted by Gasteiger charge is -2.06. The Morgan fingerprint density at radius 1 is 1.64 bits per heavy atom. The van der Waals surface area contributed by atoms with Crippen molar-refractivity contribution in [2.24, 2.45) is 0 Å². The van der Waals surface area contributed by atoms with E-state index in [1.807, 2.05) is 12.1 Å². The first-order chi connectivity index (χ1) is 6.66. The van der Waals surface area contributed by atoms with Crippen LogP contribution in [0.15, 0.2) is 27.6 Å². The Kier molecular flexibility index (Phi) is 2.83. The monoisotopic (exact) mass is 272 g/mol. The first-order valence-corrected chi connectivity index (χ1v) is 6.08. The molecule has 1 unspecified atom stereocenters. The SMILES string of the molecule is O=C(O)CC1CSc2cc(Br)ccc21. The van der Waals surface area contributed by atoms with Crippen molar-refractivity contribution in [3.05, 3.63) is 28.2 Å². The Bertz CT molecular complexity index is 378. The lowest BCUT2D eigenvalue weighted by Crippen LogP contribution is -2.05. The zero-order chi connectivity index (χ0) is 10.1. The van der Waals surface area contributed by atoms with E-state index in [2.05, 4.69) is 22.0 Å². The zero-order valence-corrected chi connectivity index (χ0v) is 9.77. The molecule has 4 heteroatoms. The first-order valence-electron chi connectivity index (χ1n) is 4.31. The highest BCUT2D eigenvalue weighted by Crippen LogP contribution is 2.42. The van der Waals surface area contributed by atoms with E-state index in [1.165, 1.54) is 10.5 Å². The van der Waals surface area contributed by atoms with Gasteiger partial charge in [0.2, 0.25) is 0 Å². The van der Waals surface area contributed by atoms with Crippen LogP contribution in [0.2, 0.25) is 0 Å². The number of carbonyl (C=O) groups is 1. The second-order valence-corrected chi connectivity index (χ2v) is 5.27. The summed E-state index contributed by atoms with van der Waals surface area (Å²) in [5.41, 5.74) is 1.18. The fraction of sp³-hybridized carbons (Fsp3) is 0.300. The number of fused-ring (bicyclic) bond motifs is 1. The molecule has 1 heterocycles. The van der Waals surface area contributed by atoms with Gasteiger partial charge < -0.3 is 5.11 Å². The van der Waals surface area contributed by atoms with E-state index in [9.17, 15) is 4.79 Å². The van der Waals surface area contributed by atoms with Crippen molar-refractivity contribution >= 4 is 33.7 Å². The Morgan fingerprint density at radius 3 is 3.14 bits per heavy atom. The lowest BCUT2D eigenvalue weighted by atomic mass is 9.98. The third-order valence-electron chi connectivity index (χ3n) is 2.28. The largest absolute Gasteiger partial charge is 0.481 e. The van der Waals surface area contributed by atoms with Crippen LogP contribution in [0.1, 0.15) is 17.9 Å². The third kappa shape index (κ3) is 1.96. The van der Waals surface area contributed by atoms with E-state index >= 15 is 0 Å². The Morgan fingerprint density at radius 2 is 2.43 bits per heavy atom. The number of halogens is 1. The maximum Gasteiger partial charge on any atom is 0.303 e. The van der Waals surface area contributed by atoms with Crippen molar-refractivity contribution in [3.8, 4) is 0 Å². The summed E-state index contributed by atoms with van der Waals surface area (Å²) in [4.78, 5) is 11.8. The van der Waals surface area contributed by atoms with Gasteiger partial charge in [-0.3, -0.25) is 4.79 Å². The molecular formula is C10H9BrO2S. The molecule has 0 amide bonds. The molecule has 0 saturated heterocycles. The number of carboxylic acids is 1. The molecule has 1 atom stereocenters. The standard InChI is InChI=1S/C10H9BrO2S/c11-7-1-2-8-6(3-10(12)13)5-14-9(8)4-7/h1-2,4,6H,3,5H2,(H,12,13). The number of carboxylic acid groups (broad SMARTS) is 1. The average molecular weight is 273 g/mol. The van der Waals surface area contributed by atoms with Crippen LogP contribution in [0, 0.1) is 0 Å². The number of benzene rings is 1. The number of hydrogen-bond donors (Lipinski definition) is 1. The van der Waals surface area contributed by atoms with Crippen molar-refractivity contribution < 1.29 is 9.90 Å². The van der Waals surface area contributed by atoms with Crippen LogP contribution in [0.25, 0.3) is 0 Å². The Hall–Kier alpha value is -0.480. The summed E-state index contributed by atoms with van der Waals surface area (Å²) in [6, 6.07) is 6.05. The van der Waals surface area contributed by atoms with E-state index in [1.54, 1.807) is 11.8 Å². The predicted molar refractivity (Wildman–Crippen MR) is 59.9 cm³/mol. The average Bonchev–Trinajstić information content (AvgIpc) is 2.47. The molecule has 1 N–H and O–H groups in total. The molecule has 14 heavy (non-hydrogen) atoms. The van der Waals surface area contributed by atoms with Crippen molar-refractivity contribution in [2.45, 2.75) is 17.2 Å². The maximum absolute atomic E-state index is 10.6. The molecule has 2 rings (SSSR count). The fourth-order valence-electron chi connectivity index (χ4n) is 1.63. The molecule has 74 valence electrons. The number of aliphatic carboxylic acids is 1. The van der Waals surface area contributed by atoms with Crippen LogP contribution in [-0.4, -0.2) is 16.8 Å². The first kappa shape index (κ1) is 10.1. The van der Waals surface area contributed by atoms with Gasteiger partial charge in [0.25, 0.3) is 0 Å². The van der Waals surface area contributed by atoms with Gasteiger partial charge >= 0.3 is 5.97 Å². The van der Waals surface area contributed by atoms with Gasteiger partial charge in [-0.2, -0.15) is 0 Å². The minimum atomic E-state index is -0.716. The number of thioether (sulfide) groups is 1. The van der Waals surface area contributed by atoms with Gasteiger partial charge in [0, 0.05) is 21.0 Å². The minimum Gasteiger partial charge on any atom is -0.481 e. The molecule has 0 radical (unpaired) electrons. The summed E-state index contributed by atoms with van der Waals surface area (Å²) >= 11 is 5.14. The maximum atomic E-state index is 10.6. The number of hydrogen-bond acceptors (Lipinski definition) is 2. The molecule has 0 spiro atoms. The fourth-order valence-corrected chi connectivity index (χ4v) is 3.43. The smallest absolute Gasteiger partial charge is 0.303 e. The van der Waals surface area contributed by atoms with E-state index in [0.717, 1.165) is 10.2 Å². The second-order valence-electron chi connectivity index (χ2n) is 3.29. The zero-order valence-electron chi connectivity index (χ0n) is 7.37. The normalized spacial score (nSPS) is 19.4. The highest BCUT2D eigenvalue weighted by Gasteiger charge is 2.25. The molecule has 0 aromatic heterocycles. The topological polar surface area (TPSA) is 37.3 Å². The van der Waals surface area contributed by atoms with E-state index < -0.39 is 5.97 Å². The van der Waals surface area contributed by atoms with Crippen LogP contribution < -0.4 is 0 Å². The molecule has 2 nitrogen and oxygen atoms in total. The summed E-state index contributed by atoms with van der Waals surface area (Å²) in [5, 5.41) is 8.74. The van der Waals surface area contributed by atoms with Gasteiger partial charge in [0.05, 0.1) is 6.42 Å². The van der Waals surface area contributed by atoms with Crippen LogP contribution in [-0.2, 0) is 4.79 Å². The van der Waals surface area contributed by atoms with Crippen LogP contribution >= 0.6 is 27.7 Å². The predicted octanol–water partition coefficient (Wildman–Crippen LogP) is 3.11. The summed E-state index contributed by atoms with van der Waals surface area (Å²) in [6.45, 7) is 0. The van der Waals surface area contributed by atoms with Crippen LogP contribution in [0.4, 0.5) is 0 Å². The van der Waals surface area contributed by atoms with Crippen molar-refractivity contribution in [3.63, 3.8) is 0 Å². The van der Waals surface area contributed by atoms with Gasteiger partial charge in [0.1, 0.15) is 0 Å². The molecular weight excluding hydrogens is 264 g/mol. The van der Waals surface area contributed by atoms with Gasteiger partial charge in [-0.25, -0.2) is 0 Å². The molecule has 0 saturated carbocycles. The van der Waals surface area contributed by atoms with Gasteiger partial charge in [-0.05, 0) is 17.7 Å². The Labute approximate surface area is 94.8 Å². The van der Waals surface area contributed by atoms with Gasteiger partial charge in [0.15, 0.2) is 0 Å². The van der Waals surface area contributed by atoms with Crippen molar-refractivity contribution in [1.29, 1.82) is 0 Å². The highest BCUT2D eigenvalue weighted by molar-refractivity contribution is 9.10. The number of rotatable bonds is 2. The summed E-state index contributed by atoms with van der Waals surface area (Å²) in [6.07, 6.45) is 0.238. The third-order valence-corrected chi connectivity index (χ3v) is 4.00. The summed E-state index contributed by atoms with van der Waals surface area (Å²) < 4.78 is 1.06. The van der Waals surface area contributed by atoms with E-state index in [-0.39, 0.29) is 12.3 Å². The minimum absolute atomic E-state index is 0.181. The van der Waals surface area contributed by atoms with Crippen LogP contribution in [0.3, 0.4) is 0 Å². The second kappa shape index (κ2) is 3.95. The molecule has 1 aliphatic rings.